The van der Waals surface area contributed by atoms with Crippen LogP contribution in [0.3, 0.4) is 0 Å². The van der Waals surface area contributed by atoms with Crippen molar-refractivity contribution in [2.45, 2.75) is 35.2 Å². The van der Waals surface area contributed by atoms with Gasteiger partial charge in [0.15, 0.2) is 0 Å². The molecule has 2 heterocycles. The number of carboxylic acid groups (broad SMARTS) is 1. The Morgan fingerprint density at radius 2 is 2.04 bits per heavy atom. The molecule has 2 aliphatic rings. The van der Waals surface area contributed by atoms with Crippen LogP contribution in [-0.2, 0) is 14.4 Å². The van der Waals surface area contributed by atoms with Crippen LogP contribution in [0.15, 0.2) is 30.3 Å². The van der Waals surface area contributed by atoms with Crippen LogP contribution in [0.5, 0.6) is 0 Å². The number of amides is 2. The van der Waals surface area contributed by atoms with Gasteiger partial charge >= 0.3 is 5.97 Å². The van der Waals surface area contributed by atoms with Gasteiger partial charge in [-0.15, -0.1) is 11.8 Å². The number of aliphatic carboxylic acids is 1. The van der Waals surface area contributed by atoms with E-state index in [0.29, 0.717) is 5.56 Å². The summed E-state index contributed by atoms with van der Waals surface area (Å²) in [5, 5.41) is 21.0. The van der Waals surface area contributed by atoms with Crippen molar-refractivity contribution in [3.05, 3.63) is 35.9 Å². The summed E-state index contributed by atoms with van der Waals surface area (Å²) >= 11 is 1.18. The molecular weight excluding hydrogens is 346 g/mol. The third kappa shape index (κ3) is 2.78. The largest absolute Gasteiger partial charge is 0.480 e. The van der Waals surface area contributed by atoms with Gasteiger partial charge in [-0.25, -0.2) is 4.79 Å². The maximum atomic E-state index is 12.4. The van der Waals surface area contributed by atoms with Crippen molar-refractivity contribution in [2.75, 3.05) is 6.61 Å². The lowest BCUT2D eigenvalue weighted by Crippen LogP contribution is -2.71. The summed E-state index contributed by atoms with van der Waals surface area (Å²) in [4.78, 5) is 37.4. The number of carbonyl (C=O) groups excluding carboxylic acids is 2. The molecule has 0 saturated carbocycles. The Labute approximate surface area is 148 Å². The zero-order valence-electron chi connectivity index (χ0n) is 13.5. The second-order valence-electron chi connectivity index (χ2n) is 6.34. The quantitative estimate of drug-likeness (QED) is 0.507. The first-order valence-electron chi connectivity index (χ1n) is 7.74. The number of carboxylic acids is 1. The molecule has 1 unspecified atom stereocenters. The van der Waals surface area contributed by atoms with E-state index < -0.39 is 46.0 Å². The van der Waals surface area contributed by atoms with E-state index in [1.54, 1.807) is 37.3 Å². The summed E-state index contributed by atoms with van der Waals surface area (Å²) in [6.45, 7) is 1.20. The summed E-state index contributed by atoms with van der Waals surface area (Å²) in [7, 11) is 0. The van der Waals surface area contributed by atoms with Crippen molar-refractivity contribution in [3.8, 4) is 0 Å². The Morgan fingerprint density at radius 1 is 1.40 bits per heavy atom. The van der Waals surface area contributed by atoms with Crippen molar-refractivity contribution in [1.29, 1.82) is 0 Å². The molecule has 2 fully saturated rings. The maximum absolute atomic E-state index is 12.4. The lowest BCUT2D eigenvalue weighted by Gasteiger charge is -2.43. The van der Waals surface area contributed by atoms with E-state index in [-0.39, 0.29) is 6.61 Å². The molecule has 0 aromatic heterocycles. The number of aliphatic hydroxyl groups is 1. The van der Waals surface area contributed by atoms with Gasteiger partial charge in [0, 0.05) is 0 Å². The van der Waals surface area contributed by atoms with Gasteiger partial charge in [-0.1, -0.05) is 30.3 Å². The number of carbonyl (C=O) groups is 3. The lowest BCUT2D eigenvalue weighted by atomic mass is 9.95. The van der Waals surface area contributed by atoms with Gasteiger partial charge < -0.3 is 26.2 Å². The van der Waals surface area contributed by atoms with Crippen LogP contribution in [0.2, 0.25) is 0 Å². The normalized spacial score (nSPS) is 31.9. The molecule has 3 rings (SSSR count). The highest BCUT2D eigenvalue weighted by Crippen LogP contribution is 2.50. The third-order valence-corrected chi connectivity index (χ3v) is 6.24. The van der Waals surface area contributed by atoms with E-state index in [0.717, 1.165) is 0 Å². The fourth-order valence-corrected chi connectivity index (χ4v) is 4.84. The molecule has 5 N–H and O–H groups in total. The molecule has 9 heteroatoms. The van der Waals surface area contributed by atoms with Crippen LogP contribution >= 0.6 is 11.8 Å². The molecule has 2 saturated heterocycles. The summed E-state index contributed by atoms with van der Waals surface area (Å²) in [5.74, 6) is -2.16. The van der Waals surface area contributed by atoms with Gasteiger partial charge in [0.2, 0.25) is 11.8 Å². The van der Waals surface area contributed by atoms with Crippen molar-refractivity contribution >= 4 is 29.5 Å². The SMILES string of the molecule is CC1(CO)S[C@@H]2[C@H](NC(=O)[C@H](N)c3ccccc3)C(=O)N2[C@H]1C(=O)O. The number of hydrogen-bond donors (Lipinski definition) is 4. The summed E-state index contributed by atoms with van der Waals surface area (Å²) in [6.07, 6.45) is 0. The van der Waals surface area contributed by atoms with Gasteiger partial charge in [0.05, 0.1) is 11.4 Å². The Morgan fingerprint density at radius 3 is 2.60 bits per heavy atom. The number of thioether (sulfide) groups is 1. The van der Waals surface area contributed by atoms with Crippen LogP contribution in [0.4, 0.5) is 0 Å². The van der Waals surface area contributed by atoms with Crippen molar-refractivity contribution in [3.63, 3.8) is 0 Å². The number of aliphatic hydroxyl groups excluding tert-OH is 1. The van der Waals surface area contributed by atoms with Gasteiger partial charge in [0.1, 0.15) is 23.5 Å². The average molecular weight is 365 g/mol. The summed E-state index contributed by atoms with van der Waals surface area (Å²) < 4.78 is -1.02. The minimum Gasteiger partial charge on any atom is -0.480 e. The van der Waals surface area contributed by atoms with Gasteiger partial charge in [0.25, 0.3) is 0 Å². The second kappa shape index (κ2) is 6.32. The van der Waals surface area contributed by atoms with Crippen molar-refractivity contribution in [2.24, 2.45) is 5.73 Å². The van der Waals surface area contributed by atoms with E-state index in [9.17, 15) is 24.6 Å². The predicted molar refractivity (Wildman–Crippen MR) is 90.4 cm³/mol. The molecule has 2 aliphatic heterocycles. The molecule has 8 nitrogen and oxygen atoms in total. The number of rotatable bonds is 5. The smallest absolute Gasteiger partial charge is 0.328 e. The molecule has 1 aromatic carbocycles. The molecule has 25 heavy (non-hydrogen) atoms. The van der Waals surface area contributed by atoms with E-state index in [2.05, 4.69) is 5.32 Å². The highest BCUT2D eigenvalue weighted by Gasteiger charge is 2.65. The van der Waals surface area contributed by atoms with E-state index >= 15 is 0 Å². The Kier molecular flexibility index (Phi) is 4.48. The Bertz CT molecular complexity index is 715. The fourth-order valence-electron chi connectivity index (χ4n) is 3.21. The first-order valence-corrected chi connectivity index (χ1v) is 8.62. The maximum Gasteiger partial charge on any atom is 0.328 e. The van der Waals surface area contributed by atoms with Crippen LogP contribution in [0.1, 0.15) is 18.5 Å². The highest BCUT2D eigenvalue weighted by atomic mass is 32.2. The van der Waals surface area contributed by atoms with Crippen LogP contribution in [0, 0.1) is 0 Å². The predicted octanol–water partition coefficient (Wildman–Crippen LogP) is -0.709. The standard InChI is InChI=1S/C16H19N3O5S/c1-16(7-20)11(15(23)24)19-13(22)10(14(19)25-16)18-12(21)9(17)8-5-3-2-4-6-8/h2-6,9-11,14,20H,7,17H2,1H3,(H,18,21)(H,23,24)/t9-,10-,11+,14-,16?/m1/s1. The van der Waals surface area contributed by atoms with Crippen molar-refractivity contribution in [1.82, 2.24) is 10.2 Å². The number of benzene rings is 1. The minimum absolute atomic E-state index is 0.390. The third-order valence-electron chi connectivity index (χ3n) is 4.61. The number of nitrogens with one attached hydrogen (secondary N) is 1. The first-order chi connectivity index (χ1) is 11.8. The van der Waals surface area contributed by atoms with Gasteiger partial charge in [-0.3, -0.25) is 9.59 Å². The zero-order valence-corrected chi connectivity index (χ0v) is 14.3. The highest BCUT2D eigenvalue weighted by molar-refractivity contribution is 8.01. The monoisotopic (exact) mass is 365 g/mol. The number of nitrogens with two attached hydrogens (primary N) is 1. The molecule has 5 atom stereocenters. The van der Waals surface area contributed by atoms with E-state index in [1.807, 2.05) is 0 Å². The number of β-lactam (4-membered cyclic amide) rings is 1. The summed E-state index contributed by atoms with van der Waals surface area (Å²) in [5.41, 5.74) is 6.54. The van der Waals surface area contributed by atoms with Gasteiger partial charge in [-0.2, -0.15) is 0 Å². The summed E-state index contributed by atoms with van der Waals surface area (Å²) in [6, 6.07) is 5.86. The van der Waals surface area contributed by atoms with Crippen LogP contribution in [-0.4, -0.2) is 61.7 Å². The Balaban J connectivity index is 1.73. The zero-order chi connectivity index (χ0) is 18.4. The van der Waals surface area contributed by atoms with Crippen LogP contribution < -0.4 is 11.1 Å². The van der Waals surface area contributed by atoms with Gasteiger partial charge in [-0.05, 0) is 12.5 Å². The lowest BCUT2D eigenvalue weighted by molar-refractivity contribution is -0.161. The van der Waals surface area contributed by atoms with E-state index in [1.165, 1.54) is 16.7 Å². The number of hydrogen-bond acceptors (Lipinski definition) is 6. The minimum atomic E-state index is -1.18. The molecule has 0 bridgehead atoms. The molecule has 1 aromatic rings. The van der Waals surface area contributed by atoms with Crippen LogP contribution in [0.25, 0.3) is 0 Å². The number of fused-ring (bicyclic) bond motifs is 1. The molecule has 0 aliphatic carbocycles. The Hall–Kier alpha value is -2.10. The molecule has 134 valence electrons. The second-order valence-corrected chi connectivity index (χ2v) is 7.99. The fraction of sp³-hybridized carbons (Fsp3) is 0.438. The first kappa shape index (κ1) is 17.7. The topological polar surface area (TPSA) is 133 Å². The molecule has 2 amide bonds. The molecular formula is C16H19N3O5S. The average Bonchev–Trinajstić information content (AvgIpc) is 2.90. The molecule has 0 radical (unpaired) electrons. The molecule has 0 spiro atoms. The van der Waals surface area contributed by atoms with Crippen molar-refractivity contribution < 1.29 is 24.6 Å². The van der Waals surface area contributed by atoms with E-state index in [4.69, 9.17) is 5.73 Å². The number of nitrogens with zero attached hydrogens (tertiary/aromatic N) is 1.